The average molecular weight is 419 g/mol. The van der Waals surface area contributed by atoms with Crippen molar-refractivity contribution in [3.05, 3.63) is 88.4 Å². The molecule has 30 heavy (non-hydrogen) atoms. The highest BCUT2D eigenvalue weighted by molar-refractivity contribution is 6.30. The number of ether oxygens (including phenoxy) is 3. The van der Waals surface area contributed by atoms with Crippen LogP contribution in [0.2, 0.25) is 5.02 Å². The molecule has 0 saturated carbocycles. The maximum Gasteiger partial charge on any atom is 0.213 e. The lowest BCUT2D eigenvalue weighted by atomic mass is 9.96. The second kappa shape index (κ2) is 6.96. The molecule has 0 saturated heterocycles. The van der Waals surface area contributed by atoms with Gasteiger partial charge in [0, 0.05) is 28.1 Å². The summed E-state index contributed by atoms with van der Waals surface area (Å²) in [6.07, 6.45) is 0.454. The van der Waals surface area contributed by atoms with Gasteiger partial charge in [-0.3, -0.25) is 0 Å². The van der Waals surface area contributed by atoms with E-state index in [1.807, 2.05) is 60.7 Å². The van der Waals surface area contributed by atoms with Crippen LogP contribution in [0.25, 0.3) is 0 Å². The molecule has 3 aliphatic heterocycles. The van der Waals surface area contributed by atoms with E-state index >= 15 is 0 Å². The third-order valence-electron chi connectivity index (χ3n) is 5.71. The Hall–Kier alpha value is -3.18. The number of rotatable bonds is 2. The summed E-state index contributed by atoms with van der Waals surface area (Å²) in [5.41, 5.74) is 4.17. The summed E-state index contributed by atoms with van der Waals surface area (Å²) < 4.78 is 17.8. The number of para-hydroxylation sites is 1. The second-order valence-electron chi connectivity index (χ2n) is 7.57. The highest BCUT2D eigenvalue weighted by Gasteiger charge is 2.41. The zero-order valence-electron chi connectivity index (χ0n) is 16.1. The Morgan fingerprint density at radius 1 is 0.867 bits per heavy atom. The Morgan fingerprint density at radius 3 is 2.63 bits per heavy atom. The average Bonchev–Trinajstić information content (AvgIpc) is 3.24. The molecule has 3 aromatic rings. The van der Waals surface area contributed by atoms with E-state index < -0.39 is 0 Å². The van der Waals surface area contributed by atoms with Crippen molar-refractivity contribution in [2.24, 2.45) is 5.10 Å². The number of benzene rings is 3. The fraction of sp³-hybridized carbons (Fsp3) is 0.208. The van der Waals surface area contributed by atoms with Gasteiger partial charge in [0.05, 0.1) is 11.8 Å². The molecule has 3 heterocycles. The predicted molar refractivity (Wildman–Crippen MR) is 114 cm³/mol. The van der Waals surface area contributed by atoms with Crippen molar-refractivity contribution < 1.29 is 14.2 Å². The Bertz CT molecular complexity index is 1160. The molecule has 0 radical (unpaired) electrons. The van der Waals surface area contributed by atoms with E-state index in [1.54, 1.807) is 0 Å². The molecular weight excluding hydrogens is 400 g/mol. The zero-order chi connectivity index (χ0) is 20.1. The monoisotopic (exact) mass is 418 g/mol. The highest BCUT2D eigenvalue weighted by Crippen LogP contribution is 2.48. The molecule has 150 valence electrons. The van der Waals surface area contributed by atoms with Crippen molar-refractivity contribution in [1.29, 1.82) is 0 Å². The Labute approximate surface area is 179 Å². The molecule has 0 unspecified atom stereocenters. The molecule has 0 aliphatic carbocycles. The van der Waals surface area contributed by atoms with Crippen LogP contribution in [0.1, 0.15) is 35.4 Å². The first-order valence-electron chi connectivity index (χ1n) is 10.0. The van der Waals surface area contributed by atoms with Crippen LogP contribution in [-0.2, 0) is 0 Å². The minimum Gasteiger partial charge on any atom is -0.486 e. The summed E-state index contributed by atoms with van der Waals surface area (Å²) in [6, 6.07) is 22.1. The molecule has 0 amide bonds. The van der Waals surface area contributed by atoms with E-state index in [-0.39, 0.29) is 12.3 Å². The van der Waals surface area contributed by atoms with Gasteiger partial charge in [0.15, 0.2) is 11.5 Å². The van der Waals surface area contributed by atoms with E-state index in [2.05, 4.69) is 11.1 Å². The smallest absolute Gasteiger partial charge is 0.213 e. The molecule has 3 aliphatic rings. The van der Waals surface area contributed by atoms with Gasteiger partial charge < -0.3 is 14.2 Å². The van der Waals surface area contributed by atoms with Gasteiger partial charge >= 0.3 is 0 Å². The molecule has 0 bridgehead atoms. The van der Waals surface area contributed by atoms with Crippen LogP contribution < -0.4 is 14.2 Å². The third kappa shape index (κ3) is 2.89. The first-order valence-corrected chi connectivity index (χ1v) is 10.4. The van der Waals surface area contributed by atoms with Gasteiger partial charge in [0.2, 0.25) is 6.23 Å². The standard InChI is InChI=1S/C24H19ClN2O3/c25-17-5-3-4-16(12-17)24-27-20(18-6-1-2-7-21(18)30-24)14-19(26-27)15-8-9-22-23(13-15)29-11-10-28-22/h1-9,12-13,20,24H,10-11,14H2/t20-,24+/m1/s1. The lowest BCUT2D eigenvalue weighted by molar-refractivity contribution is -0.0190. The summed E-state index contributed by atoms with van der Waals surface area (Å²) in [4.78, 5) is 0. The van der Waals surface area contributed by atoms with Crippen LogP contribution >= 0.6 is 11.6 Å². The van der Waals surface area contributed by atoms with Gasteiger partial charge in [-0.2, -0.15) is 5.10 Å². The van der Waals surface area contributed by atoms with Crippen LogP contribution in [0, 0.1) is 0 Å². The van der Waals surface area contributed by atoms with E-state index in [0.717, 1.165) is 46.1 Å². The molecule has 6 heteroatoms. The van der Waals surface area contributed by atoms with E-state index in [9.17, 15) is 0 Å². The Morgan fingerprint density at radius 2 is 1.73 bits per heavy atom. The van der Waals surface area contributed by atoms with Gasteiger partial charge in [-0.05, 0) is 36.4 Å². The fourth-order valence-corrected chi connectivity index (χ4v) is 4.51. The van der Waals surface area contributed by atoms with Gasteiger partial charge in [0.1, 0.15) is 19.0 Å². The largest absolute Gasteiger partial charge is 0.486 e. The predicted octanol–water partition coefficient (Wildman–Crippen LogP) is 5.35. The molecule has 6 rings (SSSR count). The molecule has 0 N–H and O–H groups in total. The second-order valence-corrected chi connectivity index (χ2v) is 8.00. The van der Waals surface area contributed by atoms with Crippen LogP contribution in [0.15, 0.2) is 71.8 Å². The van der Waals surface area contributed by atoms with Crippen LogP contribution in [-0.4, -0.2) is 23.9 Å². The number of nitrogens with zero attached hydrogens (tertiary/aromatic N) is 2. The van der Waals surface area contributed by atoms with Crippen molar-refractivity contribution in [3.8, 4) is 17.2 Å². The van der Waals surface area contributed by atoms with Gasteiger partial charge in [-0.25, -0.2) is 5.01 Å². The lowest BCUT2D eigenvalue weighted by Crippen LogP contribution is -2.33. The third-order valence-corrected chi connectivity index (χ3v) is 5.94. The Kier molecular flexibility index (Phi) is 4.09. The molecule has 0 aromatic heterocycles. The maximum absolute atomic E-state index is 6.38. The minimum absolute atomic E-state index is 0.0992. The molecular formula is C24H19ClN2O3. The maximum atomic E-state index is 6.38. The van der Waals surface area contributed by atoms with Crippen molar-refractivity contribution in [1.82, 2.24) is 5.01 Å². The number of hydrazone groups is 1. The molecule has 5 nitrogen and oxygen atoms in total. The normalized spacial score (nSPS) is 21.4. The molecule has 3 aromatic carbocycles. The van der Waals surface area contributed by atoms with Crippen LogP contribution in [0.3, 0.4) is 0 Å². The van der Waals surface area contributed by atoms with Gasteiger partial charge in [0.25, 0.3) is 0 Å². The number of hydrogen-bond donors (Lipinski definition) is 0. The topological polar surface area (TPSA) is 43.3 Å². The van der Waals surface area contributed by atoms with E-state index in [0.29, 0.717) is 18.2 Å². The molecule has 0 spiro atoms. The Balaban J connectivity index is 1.42. The first kappa shape index (κ1) is 17.7. The summed E-state index contributed by atoms with van der Waals surface area (Å²) >= 11 is 6.26. The van der Waals surface area contributed by atoms with Crippen molar-refractivity contribution >= 4 is 17.3 Å². The van der Waals surface area contributed by atoms with Crippen LogP contribution in [0.5, 0.6) is 17.2 Å². The van der Waals surface area contributed by atoms with Crippen molar-refractivity contribution in [2.75, 3.05) is 13.2 Å². The summed E-state index contributed by atoms with van der Waals surface area (Å²) in [7, 11) is 0. The summed E-state index contributed by atoms with van der Waals surface area (Å²) in [5.74, 6) is 2.45. The first-order chi connectivity index (χ1) is 14.8. The highest BCUT2D eigenvalue weighted by atomic mass is 35.5. The SMILES string of the molecule is Clc1cccc([C@@H]2Oc3ccccc3[C@H]3CC(c4ccc5c(c4)OCCO5)=NN32)c1. The van der Waals surface area contributed by atoms with Gasteiger partial charge in [-0.15, -0.1) is 0 Å². The summed E-state index contributed by atoms with van der Waals surface area (Å²) in [5, 5.41) is 7.74. The minimum atomic E-state index is -0.335. The number of hydrogen-bond acceptors (Lipinski definition) is 5. The fourth-order valence-electron chi connectivity index (χ4n) is 4.31. The van der Waals surface area contributed by atoms with Gasteiger partial charge in [-0.1, -0.05) is 41.9 Å². The summed E-state index contributed by atoms with van der Waals surface area (Å²) in [6.45, 7) is 1.15. The number of fused-ring (bicyclic) bond motifs is 4. The zero-order valence-corrected chi connectivity index (χ0v) is 16.9. The van der Waals surface area contributed by atoms with E-state index in [1.165, 1.54) is 0 Å². The quantitative estimate of drug-likeness (QED) is 0.562. The molecule has 2 atom stereocenters. The van der Waals surface area contributed by atoms with E-state index in [4.69, 9.17) is 30.9 Å². The molecule has 0 fully saturated rings. The number of halogens is 1. The van der Waals surface area contributed by atoms with Crippen molar-refractivity contribution in [2.45, 2.75) is 18.7 Å². The lowest BCUT2D eigenvalue weighted by Gasteiger charge is -2.38. The van der Waals surface area contributed by atoms with Crippen LogP contribution in [0.4, 0.5) is 0 Å². The van der Waals surface area contributed by atoms with Crippen molar-refractivity contribution in [3.63, 3.8) is 0 Å².